The van der Waals surface area contributed by atoms with Gasteiger partial charge in [0.1, 0.15) is 0 Å². The molecule has 1 saturated heterocycles. The maximum absolute atomic E-state index is 8.84. The maximum Gasteiger partial charge on any atom is 0.271 e. The van der Waals surface area contributed by atoms with Crippen molar-refractivity contribution < 1.29 is 0 Å². The van der Waals surface area contributed by atoms with Crippen LogP contribution in [0.5, 0.6) is 0 Å². The van der Waals surface area contributed by atoms with Crippen LogP contribution in [-0.4, -0.2) is 19.8 Å². The van der Waals surface area contributed by atoms with E-state index in [1.807, 2.05) is 13.0 Å². The van der Waals surface area contributed by atoms with Gasteiger partial charge < -0.3 is 4.90 Å². The van der Waals surface area contributed by atoms with Crippen LogP contribution in [-0.2, 0) is 0 Å². The molecule has 0 bridgehead atoms. The number of nitriles is 1. The summed E-state index contributed by atoms with van der Waals surface area (Å²) in [5.41, 5.74) is 2.28. The number of aryl methyl sites for hydroxylation is 1. The Hall–Kier alpha value is -1.14. The van der Waals surface area contributed by atoms with Crippen molar-refractivity contribution in [2.45, 2.75) is 19.6 Å². The largest absolute Gasteiger partial charge is 0.372 e. The molecule has 0 spiro atoms. The molecule has 1 heterocycles. The van der Waals surface area contributed by atoms with Gasteiger partial charge in [-0.2, -0.15) is 0 Å². The molecule has 0 N–H and O–H groups in total. The second kappa shape index (κ2) is 4.80. The Morgan fingerprint density at radius 1 is 1.38 bits per heavy atom. The number of halogens is 1. The van der Waals surface area contributed by atoms with Crippen LogP contribution in [0.3, 0.4) is 0 Å². The fourth-order valence-corrected chi connectivity index (χ4v) is 2.47. The summed E-state index contributed by atoms with van der Waals surface area (Å²) >= 11 is 6.23. The fourth-order valence-electron chi connectivity index (χ4n) is 2.12. The van der Waals surface area contributed by atoms with Gasteiger partial charge >= 0.3 is 0 Å². The molecule has 1 fully saturated rings. The molecule has 1 aliphatic rings. The lowest BCUT2D eigenvalue weighted by atomic mass is 9.45. The summed E-state index contributed by atoms with van der Waals surface area (Å²) in [6, 6.07) is 6.15. The molecule has 0 aromatic heterocycles. The van der Waals surface area contributed by atoms with Gasteiger partial charge in [0.15, 0.2) is 0 Å². The number of nitrogens with zero attached hydrogens (tertiary/aromatic N) is 2. The van der Waals surface area contributed by atoms with Crippen LogP contribution in [0.2, 0.25) is 17.7 Å². The van der Waals surface area contributed by atoms with Gasteiger partial charge in [-0.3, -0.25) is 0 Å². The van der Waals surface area contributed by atoms with Gasteiger partial charge in [0, 0.05) is 19.1 Å². The summed E-state index contributed by atoms with van der Waals surface area (Å²) < 4.78 is 0. The summed E-state index contributed by atoms with van der Waals surface area (Å²) in [6.45, 7) is 4.13. The molecule has 4 heteroatoms. The van der Waals surface area contributed by atoms with E-state index in [-0.39, 0.29) is 6.71 Å². The normalized spacial score (nSPS) is 16.1. The maximum atomic E-state index is 8.84. The minimum absolute atomic E-state index is 0.223. The molecule has 0 amide bonds. The Balaban J connectivity index is 2.12. The first-order valence-corrected chi connectivity index (χ1v) is 5.99. The summed E-state index contributed by atoms with van der Waals surface area (Å²) in [7, 11) is 0. The summed E-state index contributed by atoms with van der Waals surface area (Å²) in [4.78, 5) is 2.27. The van der Waals surface area contributed by atoms with E-state index in [2.05, 4.69) is 23.0 Å². The van der Waals surface area contributed by atoms with Gasteiger partial charge in [-0.15, -0.1) is 0 Å². The Labute approximate surface area is 102 Å². The second-order valence-corrected chi connectivity index (χ2v) is 4.75. The monoisotopic (exact) mass is 232 g/mol. The van der Waals surface area contributed by atoms with Crippen LogP contribution in [0.15, 0.2) is 18.2 Å². The Bertz CT molecular complexity index is 420. The molecule has 0 atom stereocenters. The standard InChI is InChI=1S/C12H14BClN2/c1-10-2-3-12(11(14)8-10)16-6-4-13(9-15)5-7-16/h2-3,8H,4-7H2,1H3. The highest BCUT2D eigenvalue weighted by atomic mass is 35.5. The van der Waals surface area contributed by atoms with Crippen molar-refractivity contribution in [2.24, 2.45) is 0 Å². The highest BCUT2D eigenvalue weighted by Gasteiger charge is 2.23. The van der Waals surface area contributed by atoms with Gasteiger partial charge in [0.25, 0.3) is 6.71 Å². The van der Waals surface area contributed by atoms with E-state index >= 15 is 0 Å². The predicted octanol–water partition coefficient (Wildman–Crippen LogP) is 3.03. The topological polar surface area (TPSA) is 27.0 Å². The molecule has 1 aromatic carbocycles. The first-order chi connectivity index (χ1) is 7.70. The third kappa shape index (κ3) is 2.33. The van der Waals surface area contributed by atoms with Crippen molar-refractivity contribution in [2.75, 3.05) is 18.0 Å². The van der Waals surface area contributed by atoms with E-state index in [9.17, 15) is 0 Å². The summed E-state index contributed by atoms with van der Waals surface area (Å²) in [5.74, 6) is 2.34. The van der Waals surface area contributed by atoms with E-state index < -0.39 is 0 Å². The minimum atomic E-state index is 0.223. The minimum Gasteiger partial charge on any atom is -0.372 e. The quantitative estimate of drug-likeness (QED) is 0.696. The van der Waals surface area contributed by atoms with E-state index in [1.54, 1.807) is 0 Å². The van der Waals surface area contributed by atoms with Crippen LogP contribution in [0, 0.1) is 18.2 Å². The Kier molecular flexibility index (Phi) is 3.41. The highest BCUT2D eigenvalue weighted by Crippen LogP contribution is 2.29. The number of benzene rings is 1. The first-order valence-electron chi connectivity index (χ1n) is 5.61. The van der Waals surface area contributed by atoms with Crippen molar-refractivity contribution in [1.29, 1.82) is 5.26 Å². The molecule has 0 radical (unpaired) electrons. The van der Waals surface area contributed by atoms with Crippen LogP contribution in [0.1, 0.15) is 5.56 Å². The van der Waals surface area contributed by atoms with Crippen LogP contribution < -0.4 is 4.90 Å². The molecule has 82 valence electrons. The number of hydrogen-bond acceptors (Lipinski definition) is 2. The van der Waals surface area contributed by atoms with Crippen molar-refractivity contribution in [3.8, 4) is 5.97 Å². The summed E-state index contributed by atoms with van der Waals surface area (Å²) in [6.07, 6.45) is 1.89. The lowest BCUT2D eigenvalue weighted by molar-refractivity contribution is 0.822. The highest BCUT2D eigenvalue weighted by molar-refractivity contribution is 6.67. The van der Waals surface area contributed by atoms with Gasteiger partial charge in [-0.05, 0) is 37.3 Å². The second-order valence-electron chi connectivity index (χ2n) is 4.35. The lowest BCUT2D eigenvalue weighted by Gasteiger charge is -2.30. The van der Waals surface area contributed by atoms with Crippen LogP contribution in [0.25, 0.3) is 0 Å². The van der Waals surface area contributed by atoms with Gasteiger partial charge in [-0.25, -0.2) is 5.26 Å². The van der Waals surface area contributed by atoms with Crippen molar-refractivity contribution >= 4 is 24.0 Å². The lowest BCUT2D eigenvalue weighted by Crippen LogP contribution is -2.36. The zero-order valence-corrected chi connectivity index (χ0v) is 10.2. The average Bonchev–Trinajstić information content (AvgIpc) is 2.29. The SMILES string of the molecule is Cc1ccc(N2CCB(C#N)CC2)c(Cl)c1. The molecule has 0 aliphatic carbocycles. The smallest absolute Gasteiger partial charge is 0.271 e. The molecule has 1 aromatic rings. The molecule has 1 aliphatic heterocycles. The predicted molar refractivity (Wildman–Crippen MR) is 69.4 cm³/mol. The number of hydrogen-bond donors (Lipinski definition) is 0. The van der Waals surface area contributed by atoms with E-state index in [0.717, 1.165) is 36.4 Å². The fraction of sp³-hybridized carbons (Fsp3) is 0.417. The van der Waals surface area contributed by atoms with Gasteiger partial charge in [-0.1, -0.05) is 17.7 Å². The molecule has 0 saturated carbocycles. The molecule has 2 nitrogen and oxygen atoms in total. The van der Waals surface area contributed by atoms with E-state index in [4.69, 9.17) is 16.9 Å². The average molecular weight is 233 g/mol. The summed E-state index contributed by atoms with van der Waals surface area (Å²) in [5, 5.41) is 9.66. The third-order valence-electron chi connectivity index (χ3n) is 3.12. The molecule has 16 heavy (non-hydrogen) atoms. The molecule has 0 unspecified atom stereocenters. The first kappa shape index (κ1) is 11.4. The van der Waals surface area contributed by atoms with Crippen LogP contribution >= 0.6 is 11.6 Å². The van der Waals surface area contributed by atoms with Crippen molar-refractivity contribution in [3.05, 3.63) is 28.8 Å². The molecular weight excluding hydrogens is 218 g/mol. The van der Waals surface area contributed by atoms with Crippen molar-refractivity contribution in [1.82, 2.24) is 0 Å². The number of rotatable bonds is 1. The Morgan fingerprint density at radius 3 is 2.62 bits per heavy atom. The zero-order chi connectivity index (χ0) is 11.5. The number of anilines is 1. The van der Waals surface area contributed by atoms with E-state index in [0.29, 0.717) is 0 Å². The van der Waals surface area contributed by atoms with Gasteiger partial charge in [0.2, 0.25) is 0 Å². The third-order valence-corrected chi connectivity index (χ3v) is 3.42. The van der Waals surface area contributed by atoms with Crippen molar-refractivity contribution in [3.63, 3.8) is 0 Å². The Morgan fingerprint density at radius 2 is 2.06 bits per heavy atom. The van der Waals surface area contributed by atoms with Gasteiger partial charge in [0.05, 0.1) is 10.7 Å². The molecule has 2 rings (SSSR count). The molecular formula is C12H14BClN2. The van der Waals surface area contributed by atoms with E-state index in [1.165, 1.54) is 5.56 Å². The zero-order valence-electron chi connectivity index (χ0n) is 9.41. The van der Waals surface area contributed by atoms with Crippen LogP contribution in [0.4, 0.5) is 5.69 Å².